The standard InChI is InChI=1S/C8H13NO4/c1-2-12-4-3-6-5-7(8(10)11)9-13-6/h6H,2-5H2,1H3,(H,10,11). The Morgan fingerprint density at radius 1 is 1.85 bits per heavy atom. The third-order valence-electron chi connectivity index (χ3n) is 1.77. The van der Waals surface area contributed by atoms with E-state index in [9.17, 15) is 4.79 Å². The van der Waals surface area contributed by atoms with Crippen molar-refractivity contribution in [3.63, 3.8) is 0 Å². The zero-order chi connectivity index (χ0) is 9.68. The molecule has 0 radical (unpaired) electrons. The van der Waals surface area contributed by atoms with E-state index in [2.05, 4.69) is 5.16 Å². The van der Waals surface area contributed by atoms with Gasteiger partial charge in [0.25, 0.3) is 0 Å². The fraction of sp³-hybridized carbons (Fsp3) is 0.750. The van der Waals surface area contributed by atoms with Crippen molar-refractivity contribution in [1.29, 1.82) is 0 Å². The molecule has 0 bridgehead atoms. The molecule has 0 spiro atoms. The molecule has 1 atom stereocenters. The van der Waals surface area contributed by atoms with Crippen LogP contribution in [0.25, 0.3) is 0 Å². The summed E-state index contributed by atoms with van der Waals surface area (Å²) < 4.78 is 5.11. The summed E-state index contributed by atoms with van der Waals surface area (Å²) in [4.78, 5) is 15.3. The van der Waals surface area contributed by atoms with Gasteiger partial charge in [0.05, 0.1) is 6.61 Å². The lowest BCUT2D eigenvalue weighted by molar-refractivity contribution is -0.129. The van der Waals surface area contributed by atoms with Gasteiger partial charge >= 0.3 is 5.97 Å². The van der Waals surface area contributed by atoms with Gasteiger partial charge < -0.3 is 14.7 Å². The number of carboxylic acid groups (broad SMARTS) is 1. The fourth-order valence-corrected chi connectivity index (χ4v) is 1.07. The number of rotatable bonds is 5. The molecule has 0 aromatic rings. The Labute approximate surface area is 76.3 Å². The van der Waals surface area contributed by atoms with Crippen molar-refractivity contribution in [1.82, 2.24) is 0 Å². The molecular formula is C8H13NO4. The summed E-state index contributed by atoms with van der Waals surface area (Å²) in [5, 5.41) is 12.0. The molecule has 0 fully saturated rings. The normalized spacial score (nSPS) is 21.0. The third-order valence-corrected chi connectivity index (χ3v) is 1.77. The molecule has 1 aliphatic rings. The largest absolute Gasteiger partial charge is 0.477 e. The second kappa shape index (κ2) is 4.81. The molecule has 1 aliphatic heterocycles. The Kier molecular flexibility index (Phi) is 3.70. The Morgan fingerprint density at radius 3 is 3.15 bits per heavy atom. The van der Waals surface area contributed by atoms with Gasteiger partial charge in [0.15, 0.2) is 5.71 Å². The average molecular weight is 187 g/mol. The summed E-state index contributed by atoms with van der Waals surface area (Å²) in [7, 11) is 0. The quantitative estimate of drug-likeness (QED) is 0.641. The van der Waals surface area contributed by atoms with Gasteiger partial charge in [-0.3, -0.25) is 0 Å². The predicted molar refractivity (Wildman–Crippen MR) is 45.7 cm³/mol. The van der Waals surface area contributed by atoms with Gasteiger partial charge in [0.1, 0.15) is 6.10 Å². The van der Waals surface area contributed by atoms with E-state index >= 15 is 0 Å². The maximum absolute atomic E-state index is 10.4. The molecule has 1 unspecified atom stereocenters. The number of nitrogens with zero attached hydrogens (tertiary/aromatic N) is 1. The van der Waals surface area contributed by atoms with Gasteiger partial charge in [-0.15, -0.1) is 0 Å². The molecule has 74 valence electrons. The van der Waals surface area contributed by atoms with Crippen molar-refractivity contribution in [3.8, 4) is 0 Å². The lowest BCUT2D eigenvalue weighted by atomic mass is 10.1. The van der Waals surface area contributed by atoms with Crippen LogP contribution in [0, 0.1) is 0 Å². The Bertz CT molecular complexity index is 214. The lowest BCUT2D eigenvalue weighted by Gasteiger charge is -2.06. The average Bonchev–Trinajstić information content (AvgIpc) is 2.53. The first kappa shape index (κ1) is 9.98. The molecule has 1 rings (SSSR count). The van der Waals surface area contributed by atoms with E-state index in [1.807, 2.05) is 6.92 Å². The van der Waals surface area contributed by atoms with E-state index in [1.54, 1.807) is 0 Å². The number of hydrogen-bond donors (Lipinski definition) is 1. The zero-order valence-electron chi connectivity index (χ0n) is 7.52. The van der Waals surface area contributed by atoms with Crippen LogP contribution >= 0.6 is 0 Å². The Morgan fingerprint density at radius 2 is 2.62 bits per heavy atom. The molecule has 0 aromatic carbocycles. The first-order valence-electron chi connectivity index (χ1n) is 4.27. The van der Waals surface area contributed by atoms with E-state index < -0.39 is 5.97 Å². The van der Waals surface area contributed by atoms with Crippen molar-refractivity contribution in [2.24, 2.45) is 5.16 Å². The molecular weight excluding hydrogens is 174 g/mol. The third kappa shape index (κ3) is 3.02. The second-order valence-electron chi connectivity index (χ2n) is 2.76. The van der Waals surface area contributed by atoms with Gasteiger partial charge in [0.2, 0.25) is 0 Å². The number of hydrogen-bond acceptors (Lipinski definition) is 4. The van der Waals surface area contributed by atoms with Gasteiger partial charge in [-0.2, -0.15) is 0 Å². The van der Waals surface area contributed by atoms with E-state index in [0.29, 0.717) is 26.1 Å². The van der Waals surface area contributed by atoms with Crippen molar-refractivity contribution < 1.29 is 19.5 Å². The van der Waals surface area contributed by atoms with Crippen molar-refractivity contribution in [2.45, 2.75) is 25.9 Å². The molecule has 0 saturated carbocycles. The van der Waals surface area contributed by atoms with Gasteiger partial charge in [-0.1, -0.05) is 5.16 Å². The number of oxime groups is 1. The molecule has 0 aliphatic carbocycles. The minimum atomic E-state index is -1.00. The van der Waals surface area contributed by atoms with Crippen LogP contribution in [0.1, 0.15) is 19.8 Å². The van der Waals surface area contributed by atoms with Crippen LogP contribution in [0.3, 0.4) is 0 Å². The second-order valence-corrected chi connectivity index (χ2v) is 2.76. The molecule has 5 nitrogen and oxygen atoms in total. The number of carbonyl (C=O) groups is 1. The van der Waals surface area contributed by atoms with Crippen LogP contribution < -0.4 is 0 Å². The van der Waals surface area contributed by atoms with Crippen LogP contribution in [0.2, 0.25) is 0 Å². The molecule has 1 N–H and O–H groups in total. The summed E-state index contributed by atoms with van der Waals surface area (Å²) in [6.45, 7) is 3.16. The summed E-state index contributed by atoms with van der Waals surface area (Å²) >= 11 is 0. The molecule has 1 heterocycles. The topological polar surface area (TPSA) is 68.1 Å². The van der Waals surface area contributed by atoms with E-state index in [0.717, 1.165) is 0 Å². The Balaban J connectivity index is 2.18. The Hall–Kier alpha value is -1.10. The summed E-state index contributed by atoms with van der Waals surface area (Å²) in [5.74, 6) is -1.00. The maximum atomic E-state index is 10.4. The van der Waals surface area contributed by atoms with Crippen molar-refractivity contribution in [2.75, 3.05) is 13.2 Å². The highest BCUT2D eigenvalue weighted by Crippen LogP contribution is 2.13. The smallest absolute Gasteiger partial charge is 0.353 e. The van der Waals surface area contributed by atoms with Crippen LogP contribution in [-0.2, 0) is 14.4 Å². The highest BCUT2D eigenvalue weighted by atomic mass is 16.6. The van der Waals surface area contributed by atoms with Crippen LogP contribution in [-0.4, -0.2) is 36.1 Å². The van der Waals surface area contributed by atoms with Gasteiger partial charge in [0, 0.05) is 19.4 Å². The summed E-state index contributed by atoms with van der Waals surface area (Å²) in [6.07, 6.45) is 0.939. The van der Waals surface area contributed by atoms with E-state index in [-0.39, 0.29) is 11.8 Å². The minimum Gasteiger partial charge on any atom is -0.477 e. The summed E-state index contributed by atoms with van der Waals surface area (Å²) in [6, 6.07) is 0. The number of ether oxygens (including phenoxy) is 1. The van der Waals surface area contributed by atoms with Crippen molar-refractivity contribution in [3.05, 3.63) is 0 Å². The zero-order valence-corrected chi connectivity index (χ0v) is 7.52. The predicted octanol–water partition coefficient (Wildman–Crippen LogP) is 0.642. The summed E-state index contributed by atoms with van der Waals surface area (Å²) in [5.41, 5.74) is 0.0986. The molecule has 0 aromatic heterocycles. The van der Waals surface area contributed by atoms with Crippen LogP contribution in [0.15, 0.2) is 5.16 Å². The fourth-order valence-electron chi connectivity index (χ4n) is 1.07. The molecule has 0 saturated heterocycles. The minimum absolute atomic E-state index is 0.0986. The van der Waals surface area contributed by atoms with Gasteiger partial charge in [-0.05, 0) is 6.92 Å². The first-order chi connectivity index (χ1) is 6.24. The van der Waals surface area contributed by atoms with Crippen LogP contribution in [0.5, 0.6) is 0 Å². The van der Waals surface area contributed by atoms with E-state index in [1.165, 1.54) is 0 Å². The van der Waals surface area contributed by atoms with Crippen LogP contribution in [0.4, 0.5) is 0 Å². The number of carboxylic acids is 1. The van der Waals surface area contributed by atoms with Gasteiger partial charge in [-0.25, -0.2) is 4.79 Å². The number of aliphatic carboxylic acids is 1. The van der Waals surface area contributed by atoms with Crippen molar-refractivity contribution >= 4 is 11.7 Å². The molecule has 5 heteroatoms. The highest BCUT2D eigenvalue weighted by Gasteiger charge is 2.25. The molecule has 0 amide bonds. The highest BCUT2D eigenvalue weighted by molar-refractivity contribution is 6.35. The molecule has 13 heavy (non-hydrogen) atoms. The first-order valence-corrected chi connectivity index (χ1v) is 4.27. The lowest BCUT2D eigenvalue weighted by Crippen LogP contribution is -2.15. The van der Waals surface area contributed by atoms with E-state index in [4.69, 9.17) is 14.7 Å². The SMILES string of the molecule is CCOCCC1CC(C(=O)O)=NO1. The monoisotopic (exact) mass is 187 g/mol. The maximum Gasteiger partial charge on any atom is 0.353 e.